The summed E-state index contributed by atoms with van der Waals surface area (Å²) in [5, 5.41) is 2.10. The molecule has 146 valence electrons. The Morgan fingerprint density at radius 2 is 2.07 bits per heavy atom. The Bertz CT molecular complexity index is 915. The van der Waals surface area contributed by atoms with Gasteiger partial charge < -0.3 is 9.64 Å². The number of halogens is 2. The lowest BCUT2D eigenvalue weighted by atomic mass is 10.2. The maximum Gasteiger partial charge on any atom is 0.263 e. The van der Waals surface area contributed by atoms with E-state index in [1.165, 1.54) is 11.3 Å². The van der Waals surface area contributed by atoms with E-state index in [1.807, 2.05) is 17.5 Å². The van der Waals surface area contributed by atoms with Crippen molar-refractivity contribution in [3.05, 3.63) is 50.6 Å². The maximum atomic E-state index is 12.8. The van der Waals surface area contributed by atoms with Gasteiger partial charge in [0.25, 0.3) is 5.91 Å². The first-order valence-corrected chi connectivity index (χ1v) is 11.8. The van der Waals surface area contributed by atoms with E-state index in [-0.39, 0.29) is 18.2 Å². The fourth-order valence-electron chi connectivity index (χ4n) is 3.03. The predicted molar refractivity (Wildman–Crippen MR) is 109 cm³/mol. The van der Waals surface area contributed by atoms with Gasteiger partial charge in [-0.15, -0.1) is 11.3 Å². The van der Waals surface area contributed by atoms with Crippen LogP contribution in [0.2, 0.25) is 10.0 Å². The molecule has 1 aliphatic heterocycles. The minimum atomic E-state index is -3.31. The lowest BCUT2D eigenvalue weighted by Crippen LogP contribution is -2.42. The van der Waals surface area contributed by atoms with E-state index in [1.54, 1.807) is 30.0 Å². The first kappa shape index (κ1) is 20.5. The molecular weight excluding hydrogens is 429 g/mol. The zero-order valence-electron chi connectivity index (χ0n) is 14.6. The molecule has 2 heterocycles. The number of benzene rings is 1. The molecule has 2 aromatic rings. The van der Waals surface area contributed by atoms with Crippen LogP contribution in [0.4, 0.5) is 0 Å². The van der Waals surface area contributed by atoms with Crippen LogP contribution in [0, 0.1) is 0 Å². The summed E-state index contributed by atoms with van der Waals surface area (Å²) in [6, 6.07) is 8.45. The molecule has 1 aromatic heterocycles. The van der Waals surface area contributed by atoms with Gasteiger partial charge in [-0.2, -0.15) is 0 Å². The molecule has 0 saturated carbocycles. The number of ether oxygens (including phenoxy) is 1. The van der Waals surface area contributed by atoms with E-state index < -0.39 is 21.2 Å². The van der Waals surface area contributed by atoms with Crippen molar-refractivity contribution in [1.82, 2.24) is 4.90 Å². The van der Waals surface area contributed by atoms with E-state index in [4.69, 9.17) is 27.9 Å². The summed E-state index contributed by atoms with van der Waals surface area (Å²) in [6.45, 7) is 2.15. The summed E-state index contributed by atoms with van der Waals surface area (Å²) < 4.78 is 30.9. The fourth-order valence-corrected chi connectivity index (χ4v) is 6.48. The zero-order chi connectivity index (χ0) is 19.6. The van der Waals surface area contributed by atoms with Crippen molar-refractivity contribution in [2.24, 2.45) is 0 Å². The number of amides is 1. The molecule has 1 amide bonds. The van der Waals surface area contributed by atoms with Crippen molar-refractivity contribution in [3.8, 4) is 5.75 Å². The number of carbonyl (C=O) groups excluding carboxylic acids is 1. The van der Waals surface area contributed by atoms with Crippen molar-refractivity contribution in [1.29, 1.82) is 0 Å². The van der Waals surface area contributed by atoms with Crippen LogP contribution in [-0.4, -0.2) is 44.2 Å². The van der Waals surface area contributed by atoms with Gasteiger partial charge in [0.05, 0.1) is 16.0 Å². The number of thiophene rings is 1. The van der Waals surface area contributed by atoms with Crippen LogP contribution >= 0.6 is 34.5 Å². The Hall–Kier alpha value is -1.28. The molecule has 0 aliphatic carbocycles. The third-order valence-electron chi connectivity index (χ3n) is 4.46. The van der Waals surface area contributed by atoms with E-state index in [2.05, 4.69) is 0 Å². The van der Waals surface area contributed by atoms with Crippen molar-refractivity contribution < 1.29 is 17.9 Å². The summed E-state index contributed by atoms with van der Waals surface area (Å²) >= 11 is 13.4. The predicted octanol–water partition coefficient (Wildman–Crippen LogP) is 4.21. The highest BCUT2D eigenvalue weighted by Gasteiger charge is 2.34. The van der Waals surface area contributed by atoms with Crippen molar-refractivity contribution in [2.45, 2.75) is 24.7 Å². The molecule has 0 bridgehead atoms. The largest absolute Gasteiger partial charge is 0.479 e. The molecular formula is C18H19Cl2NO4S2. The molecule has 1 aromatic carbocycles. The maximum absolute atomic E-state index is 12.8. The van der Waals surface area contributed by atoms with Gasteiger partial charge in [0.15, 0.2) is 15.9 Å². The fraction of sp³-hybridized carbons (Fsp3) is 0.389. The van der Waals surface area contributed by atoms with Crippen LogP contribution in [0.15, 0.2) is 35.7 Å². The van der Waals surface area contributed by atoms with Crippen molar-refractivity contribution in [2.75, 3.05) is 18.8 Å². The van der Waals surface area contributed by atoms with Crippen LogP contribution in [0.3, 0.4) is 0 Å². The molecule has 0 radical (unpaired) electrons. The summed E-state index contributed by atoms with van der Waals surface area (Å²) in [5.74, 6) is 0.0410. The number of carbonyl (C=O) groups is 1. The van der Waals surface area contributed by atoms with Gasteiger partial charge >= 0.3 is 0 Å². The molecule has 5 nitrogen and oxygen atoms in total. The highest BCUT2D eigenvalue weighted by molar-refractivity contribution is 7.91. The van der Waals surface area contributed by atoms with E-state index in [9.17, 15) is 13.2 Å². The summed E-state index contributed by atoms with van der Waals surface area (Å²) in [5.41, 5.74) is 0. The van der Waals surface area contributed by atoms with E-state index in [0.717, 1.165) is 4.88 Å². The minimum Gasteiger partial charge on any atom is -0.479 e. The van der Waals surface area contributed by atoms with Crippen LogP contribution in [0.1, 0.15) is 23.5 Å². The Morgan fingerprint density at radius 1 is 1.30 bits per heavy atom. The van der Waals surface area contributed by atoms with Crippen LogP contribution < -0.4 is 4.74 Å². The Labute approximate surface area is 172 Å². The molecule has 1 aliphatic rings. The molecule has 0 N–H and O–H groups in total. The normalized spacial score (nSPS) is 20.7. The summed E-state index contributed by atoms with van der Waals surface area (Å²) in [7, 11) is -3.31. The van der Waals surface area contributed by atoms with Crippen LogP contribution in [0.5, 0.6) is 5.75 Å². The molecule has 0 spiro atoms. The average Bonchev–Trinajstić information content (AvgIpc) is 3.08. The standard InChI is InChI=1S/C18H19Cl2NO4S2/c1-12(25-15-5-4-13(19)11-14(15)20)18(22)21-7-6-17(16-3-2-9-26-16)27(23,24)10-8-21/h2-5,9,11-12,17H,6-8,10H2,1H3. The number of hydrogen-bond acceptors (Lipinski definition) is 5. The Balaban J connectivity index is 1.70. The molecule has 2 atom stereocenters. The van der Waals surface area contributed by atoms with Crippen molar-refractivity contribution in [3.63, 3.8) is 0 Å². The minimum absolute atomic E-state index is 0.0598. The van der Waals surface area contributed by atoms with E-state index >= 15 is 0 Å². The van der Waals surface area contributed by atoms with Gasteiger partial charge in [-0.1, -0.05) is 29.3 Å². The summed E-state index contributed by atoms with van der Waals surface area (Å²) in [6.07, 6.45) is -0.409. The highest BCUT2D eigenvalue weighted by Crippen LogP contribution is 2.33. The lowest BCUT2D eigenvalue weighted by Gasteiger charge is -2.24. The highest BCUT2D eigenvalue weighted by atomic mass is 35.5. The quantitative estimate of drug-likeness (QED) is 0.703. The lowest BCUT2D eigenvalue weighted by molar-refractivity contribution is -0.137. The molecule has 3 rings (SSSR count). The van der Waals surface area contributed by atoms with Crippen molar-refractivity contribution >= 4 is 50.3 Å². The first-order chi connectivity index (χ1) is 12.8. The van der Waals surface area contributed by atoms with E-state index in [0.29, 0.717) is 28.8 Å². The molecule has 9 heteroatoms. The van der Waals surface area contributed by atoms with Gasteiger partial charge in [-0.05, 0) is 43.0 Å². The third kappa shape index (κ3) is 4.77. The average molecular weight is 448 g/mol. The molecule has 2 unspecified atom stereocenters. The number of hydrogen-bond donors (Lipinski definition) is 0. The molecule has 1 saturated heterocycles. The second-order valence-corrected chi connectivity index (χ2v) is 10.4. The smallest absolute Gasteiger partial charge is 0.263 e. The van der Waals surface area contributed by atoms with Gasteiger partial charge in [-0.3, -0.25) is 4.79 Å². The SMILES string of the molecule is CC(Oc1ccc(Cl)cc1Cl)C(=O)N1CCC(c2cccs2)S(=O)(=O)CC1. The molecule has 27 heavy (non-hydrogen) atoms. The van der Waals surface area contributed by atoms with Gasteiger partial charge in [0.2, 0.25) is 0 Å². The zero-order valence-corrected chi connectivity index (χ0v) is 17.7. The third-order valence-corrected chi connectivity index (χ3v) is 8.23. The van der Waals surface area contributed by atoms with Crippen LogP contribution in [0.25, 0.3) is 0 Å². The van der Waals surface area contributed by atoms with Gasteiger partial charge in [0, 0.05) is 23.0 Å². The van der Waals surface area contributed by atoms with Gasteiger partial charge in [-0.25, -0.2) is 8.42 Å². The Morgan fingerprint density at radius 3 is 2.74 bits per heavy atom. The topological polar surface area (TPSA) is 63.7 Å². The summed E-state index contributed by atoms with van der Waals surface area (Å²) in [4.78, 5) is 15.2. The first-order valence-electron chi connectivity index (χ1n) is 8.43. The van der Waals surface area contributed by atoms with Crippen LogP contribution in [-0.2, 0) is 14.6 Å². The number of rotatable bonds is 4. The molecule has 1 fully saturated rings. The monoisotopic (exact) mass is 447 g/mol. The second kappa shape index (κ2) is 8.39. The number of sulfone groups is 1. The second-order valence-electron chi connectivity index (χ2n) is 6.32. The number of nitrogens with zero attached hydrogens (tertiary/aromatic N) is 1. The Kier molecular flexibility index (Phi) is 6.35. The van der Waals surface area contributed by atoms with Gasteiger partial charge in [0.1, 0.15) is 5.75 Å².